The Morgan fingerprint density at radius 2 is 1.92 bits per heavy atom. The summed E-state index contributed by atoms with van der Waals surface area (Å²) in [7, 11) is 1.56. The summed E-state index contributed by atoms with van der Waals surface area (Å²) in [6.45, 7) is 2.78. The van der Waals surface area contributed by atoms with Crippen molar-refractivity contribution in [2.75, 3.05) is 19.0 Å². The fraction of sp³-hybridized carbons (Fsp3) is 0.235. The van der Waals surface area contributed by atoms with Crippen LogP contribution in [-0.2, 0) is 6.54 Å². The van der Waals surface area contributed by atoms with Crippen LogP contribution in [0.4, 0.5) is 5.69 Å². The van der Waals surface area contributed by atoms with Crippen LogP contribution in [0.25, 0.3) is 0 Å². The summed E-state index contributed by atoms with van der Waals surface area (Å²) < 4.78 is 10.8. The highest BCUT2D eigenvalue weighted by Gasteiger charge is 2.12. The summed E-state index contributed by atoms with van der Waals surface area (Å²) in [6, 6.07) is 8.20. The fourth-order valence-corrected chi connectivity index (χ4v) is 2.56. The minimum absolute atomic E-state index is 0.0389. The SMILES string of the molecule is CCOc1cc(Cl)c(CNc2ccc(Cl)c(C(=O)O)c2)cc1OC. The first-order valence-electron chi connectivity index (χ1n) is 7.22. The first kappa shape index (κ1) is 18.2. The van der Waals surface area contributed by atoms with E-state index in [1.54, 1.807) is 25.3 Å². The summed E-state index contributed by atoms with van der Waals surface area (Å²) in [5.41, 5.74) is 1.46. The number of ether oxygens (including phenoxy) is 2. The van der Waals surface area contributed by atoms with Gasteiger partial charge in [-0.1, -0.05) is 23.2 Å². The maximum absolute atomic E-state index is 11.1. The number of halogens is 2. The molecule has 0 unspecified atom stereocenters. The lowest BCUT2D eigenvalue weighted by atomic mass is 10.1. The molecular formula is C17H17Cl2NO4. The number of methoxy groups -OCH3 is 1. The van der Waals surface area contributed by atoms with Crippen LogP contribution in [0, 0.1) is 0 Å². The van der Waals surface area contributed by atoms with E-state index >= 15 is 0 Å². The van der Waals surface area contributed by atoms with E-state index < -0.39 is 5.97 Å². The molecule has 0 fully saturated rings. The quantitative estimate of drug-likeness (QED) is 0.739. The summed E-state index contributed by atoms with van der Waals surface area (Å²) in [6.07, 6.45) is 0. The Balaban J connectivity index is 2.20. The molecule has 2 N–H and O–H groups in total. The van der Waals surface area contributed by atoms with Gasteiger partial charge in [0.15, 0.2) is 11.5 Å². The number of anilines is 1. The van der Waals surface area contributed by atoms with Gasteiger partial charge in [-0.3, -0.25) is 0 Å². The molecule has 128 valence electrons. The van der Waals surface area contributed by atoms with Crippen molar-refractivity contribution >= 4 is 34.9 Å². The minimum Gasteiger partial charge on any atom is -0.493 e. The molecule has 0 bridgehead atoms. The van der Waals surface area contributed by atoms with Gasteiger partial charge >= 0.3 is 5.97 Å². The normalized spacial score (nSPS) is 10.3. The van der Waals surface area contributed by atoms with Gasteiger partial charge in [-0.15, -0.1) is 0 Å². The van der Waals surface area contributed by atoms with E-state index in [1.165, 1.54) is 12.1 Å². The van der Waals surface area contributed by atoms with E-state index in [0.717, 1.165) is 5.56 Å². The van der Waals surface area contributed by atoms with E-state index in [0.29, 0.717) is 35.4 Å². The molecule has 0 atom stereocenters. The van der Waals surface area contributed by atoms with Crippen molar-refractivity contribution in [3.63, 3.8) is 0 Å². The van der Waals surface area contributed by atoms with E-state index in [1.807, 2.05) is 6.92 Å². The second kappa shape index (κ2) is 8.13. The van der Waals surface area contributed by atoms with Gasteiger partial charge in [0.1, 0.15) is 0 Å². The zero-order valence-electron chi connectivity index (χ0n) is 13.2. The smallest absolute Gasteiger partial charge is 0.337 e. The van der Waals surface area contributed by atoms with Crippen molar-refractivity contribution in [3.8, 4) is 11.5 Å². The van der Waals surface area contributed by atoms with Crippen LogP contribution in [0.3, 0.4) is 0 Å². The van der Waals surface area contributed by atoms with Crippen molar-refractivity contribution in [1.82, 2.24) is 0 Å². The van der Waals surface area contributed by atoms with Gasteiger partial charge in [-0.25, -0.2) is 4.79 Å². The Bertz CT molecular complexity index is 750. The van der Waals surface area contributed by atoms with E-state index in [9.17, 15) is 4.79 Å². The number of carboxylic acids is 1. The van der Waals surface area contributed by atoms with Gasteiger partial charge < -0.3 is 19.9 Å². The molecule has 0 aromatic heterocycles. The maximum atomic E-state index is 11.1. The van der Waals surface area contributed by atoms with Gasteiger partial charge in [0, 0.05) is 23.3 Å². The highest BCUT2D eigenvalue weighted by Crippen LogP contribution is 2.34. The molecular weight excluding hydrogens is 353 g/mol. The Morgan fingerprint density at radius 3 is 2.54 bits per heavy atom. The Kier molecular flexibility index (Phi) is 6.17. The number of hydrogen-bond acceptors (Lipinski definition) is 4. The Labute approximate surface area is 150 Å². The van der Waals surface area contributed by atoms with Crippen LogP contribution in [0.1, 0.15) is 22.8 Å². The van der Waals surface area contributed by atoms with Crippen molar-refractivity contribution < 1.29 is 19.4 Å². The van der Waals surface area contributed by atoms with Crippen molar-refractivity contribution in [3.05, 3.63) is 51.5 Å². The molecule has 0 aliphatic carbocycles. The molecule has 2 aromatic rings. The van der Waals surface area contributed by atoms with Gasteiger partial charge in [-0.2, -0.15) is 0 Å². The highest BCUT2D eigenvalue weighted by molar-refractivity contribution is 6.33. The number of carbonyl (C=O) groups is 1. The molecule has 0 saturated carbocycles. The average Bonchev–Trinajstić information content (AvgIpc) is 2.55. The topological polar surface area (TPSA) is 67.8 Å². The van der Waals surface area contributed by atoms with Gasteiger partial charge in [0.25, 0.3) is 0 Å². The molecule has 0 heterocycles. The maximum Gasteiger partial charge on any atom is 0.337 e. The summed E-state index contributed by atoms with van der Waals surface area (Å²) in [4.78, 5) is 11.1. The van der Waals surface area contributed by atoms with Crippen molar-refractivity contribution in [1.29, 1.82) is 0 Å². The Hall–Kier alpha value is -2.11. The molecule has 0 aliphatic rings. The standard InChI is InChI=1S/C17H17Cl2NO4/c1-3-24-16-8-14(19)10(6-15(16)23-2)9-20-11-4-5-13(18)12(7-11)17(21)22/h4-8,20H,3,9H2,1-2H3,(H,21,22). The van der Waals surface area contributed by atoms with Gasteiger partial charge in [-0.05, 0) is 36.8 Å². The lowest BCUT2D eigenvalue weighted by Gasteiger charge is -2.14. The first-order chi connectivity index (χ1) is 11.5. The molecule has 2 aromatic carbocycles. The number of benzene rings is 2. The number of nitrogens with one attached hydrogen (secondary N) is 1. The third-order valence-electron chi connectivity index (χ3n) is 3.31. The van der Waals surface area contributed by atoms with Crippen LogP contribution >= 0.6 is 23.2 Å². The number of hydrogen-bond donors (Lipinski definition) is 2. The monoisotopic (exact) mass is 369 g/mol. The Morgan fingerprint density at radius 1 is 1.17 bits per heavy atom. The molecule has 5 nitrogen and oxygen atoms in total. The van der Waals surface area contributed by atoms with E-state index in [4.69, 9.17) is 37.8 Å². The number of rotatable bonds is 7. The van der Waals surface area contributed by atoms with E-state index in [2.05, 4.69) is 5.32 Å². The molecule has 0 amide bonds. The number of carboxylic acid groups (broad SMARTS) is 1. The molecule has 24 heavy (non-hydrogen) atoms. The summed E-state index contributed by atoms with van der Waals surface area (Å²) in [5.74, 6) is 0.0817. The zero-order chi connectivity index (χ0) is 17.7. The second-order valence-electron chi connectivity index (χ2n) is 4.88. The summed E-state index contributed by atoms with van der Waals surface area (Å²) >= 11 is 12.1. The lowest BCUT2D eigenvalue weighted by molar-refractivity contribution is 0.0697. The van der Waals surface area contributed by atoms with Crippen LogP contribution in [0.15, 0.2) is 30.3 Å². The first-order valence-corrected chi connectivity index (χ1v) is 7.97. The molecule has 0 spiro atoms. The molecule has 7 heteroatoms. The third kappa shape index (κ3) is 4.24. The molecule has 0 radical (unpaired) electrons. The molecule has 0 aliphatic heterocycles. The lowest BCUT2D eigenvalue weighted by Crippen LogP contribution is -2.04. The third-order valence-corrected chi connectivity index (χ3v) is 3.99. The zero-order valence-corrected chi connectivity index (χ0v) is 14.7. The van der Waals surface area contributed by atoms with Gasteiger partial charge in [0.2, 0.25) is 0 Å². The van der Waals surface area contributed by atoms with Crippen molar-refractivity contribution in [2.45, 2.75) is 13.5 Å². The van der Waals surface area contributed by atoms with Crippen LogP contribution < -0.4 is 14.8 Å². The predicted molar refractivity (Wildman–Crippen MR) is 94.9 cm³/mol. The van der Waals surface area contributed by atoms with Crippen LogP contribution in [0.5, 0.6) is 11.5 Å². The van der Waals surface area contributed by atoms with Crippen molar-refractivity contribution in [2.24, 2.45) is 0 Å². The fourth-order valence-electron chi connectivity index (χ4n) is 2.14. The van der Waals surface area contributed by atoms with E-state index in [-0.39, 0.29) is 10.6 Å². The van der Waals surface area contributed by atoms with Gasteiger partial charge in [0.05, 0.1) is 24.3 Å². The minimum atomic E-state index is -1.08. The molecule has 0 saturated heterocycles. The second-order valence-corrected chi connectivity index (χ2v) is 5.70. The summed E-state index contributed by atoms with van der Waals surface area (Å²) in [5, 5.41) is 12.9. The van der Waals surface area contributed by atoms with Crippen LogP contribution in [0.2, 0.25) is 10.0 Å². The average molecular weight is 370 g/mol. The highest BCUT2D eigenvalue weighted by atomic mass is 35.5. The number of aromatic carboxylic acids is 1. The predicted octanol–water partition coefficient (Wildman–Crippen LogP) is 4.71. The van der Waals surface area contributed by atoms with Crippen LogP contribution in [-0.4, -0.2) is 24.8 Å². The largest absolute Gasteiger partial charge is 0.493 e. The molecule has 2 rings (SSSR count).